The smallest absolute Gasteiger partial charge is 0.305 e. The molecule has 14 nitrogen and oxygen atoms in total. The highest BCUT2D eigenvalue weighted by atomic mass is 16.6. The van der Waals surface area contributed by atoms with Crippen molar-refractivity contribution in [3.05, 3.63) is 0 Å². The lowest BCUT2D eigenvalue weighted by Gasteiger charge is -2.09. The molecule has 0 saturated heterocycles. The Kier molecular flexibility index (Phi) is 28.8. The molecule has 0 aromatic carbocycles. The standard InChI is InChI=1S/C27H51N3O11/c1-2-3-5-24(31)28-9-4-10-29-25(32)6-12-36-15-11-30-26(33)7-13-37-16-18-39-20-22-41-23-21-40-19-17-38-14-8-27(34)35/h2-23H2,1H3,(H,28,31)(H,29,32)(H,30,33)(H,34,35). The Morgan fingerprint density at radius 1 is 0.463 bits per heavy atom. The molecule has 0 heterocycles. The average molecular weight is 594 g/mol. The summed E-state index contributed by atoms with van der Waals surface area (Å²) < 4.78 is 31.9. The van der Waals surface area contributed by atoms with Crippen LogP contribution in [-0.2, 0) is 47.6 Å². The van der Waals surface area contributed by atoms with Crippen molar-refractivity contribution in [3.8, 4) is 0 Å². The molecule has 0 radical (unpaired) electrons. The van der Waals surface area contributed by atoms with Crippen LogP contribution in [0.1, 0.15) is 51.9 Å². The zero-order valence-corrected chi connectivity index (χ0v) is 24.6. The van der Waals surface area contributed by atoms with Crippen molar-refractivity contribution in [1.82, 2.24) is 16.0 Å². The van der Waals surface area contributed by atoms with Crippen molar-refractivity contribution in [2.45, 2.75) is 51.9 Å². The lowest BCUT2D eigenvalue weighted by atomic mass is 10.2. The summed E-state index contributed by atoms with van der Waals surface area (Å²) in [6.07, 6.45) is 3.54. The van der Waals surface area contributed by atoms with Gasteiger partial charge in [0.25, 0.3) is 0 Å². The van der Waals surface area contributed by atoms with Gasteiger partial charge in [0.15, 0.2) is 0 Å². The maximum absolute atomic E-state index is 11.8. The predicted octanol–water partition coefficient (Wildman–Crippen LogP) is 0.270. The van der Waals surface area contributed by atoms with Gasteiger partial charge >= 0.3 is 5.97 Å². The van der Waals surface area contributed by atoms with Gasteiger partial charge in [-0.25, -0.2) is 0 Å². The van der Waals surface area contributed by atoms with E-state index < -0.39 is 5.97 Å². The van der Waals surface area contributed by atoms with Gasteiger partial charge in [-0.1, -0.05) is 13.3 Å². The molecule has 0 fully saturated rings. The number of carboxylic acid groups (broad SMARTS) is 1. The van der Waals surface area contributed by atoms with E-state index in [-0.39, 0.29) is 56.8 Å². The minimum absolute atomic E-state index is 0.0176. The third kappa shape index (κ3) is 32.0. The molecule has 0 aliphatic rings. The first kappa shape index (κ1) is 38.6. The van der Waals surface area contributed by atoms with Crippen LogP contribution in [0.5, 0.6) is 0 Å². The molecule has 4 N–H and O–H groups in total. The number of rotatable bonds is 31. The molecule has 0 aliphatic heterocycles. The van der Waals surface area contributed by atoms with Gasteiger partial charge < -0.3 is 49.5 Å². The minimum atomic E-state index is -0.888. The Morgan fingerprint density at radius 2 is 0.829 bits per heavy atom. The van der Waals surface area contributed by atoms with Gasteiger partial charge in [0.2, 0.25) is 17.7 Å². The molecule has 0 aliphatic carbocycles. The summed E-state index contributed by atoms with van der Waals surface area (Å²) in [5.41, 5.74) is 0. The number of hydrogen-bond donors (Lipinski definition) is 4. The van der Waals surface area contributed by atoms with E-state index in [1.807, 2.05) is 6.92 Å². The Labute approximate surface area is 243 Å². The summed E-state index contributed by atoms with van der Waals surface area (Å²) in [6.45, 7) is 7.66. The van der Waals surface area contributed by atoms with E-state index in [9.17, 15) is 19.2 Å². The third-order valence-electron chi connectivity index (χ3n) is 5.22. The summed E-state index contributed by atoms with van der Waals surface area (Å²) in [7, 11) is 0. The Morgan fingerprint density at radius 3 is 1.27 bits per heavy atom. The molecule has 0 aromatic rings. The molecule has 0 saturated carbocycles. The molecule has 0 atom stereocenters. The highest BCUT2D eigenvalue weighted by Gasteiger charge is 2.04. The molecule has 41 heavy (non-hydrogen) atoms. The first-order chi connectivity index (χ1) is 20.0. The SMILES string of the molecule is CCCCC(=O)NCCCNC(=O)CCOCCNC(=O)CCOCCOCCOCCOCCOCCC(=O)O. The molecule has 240 valence electrons. The number of carbonyl (C=O) groups excluding carboxylic acids is 3. The molecule has 14 heteroatoms. The summed E-state index contributed by atoms with van der Waals surface area (Å²) in [6, 6.07) is 0. The number of ether oxygens (including phenoxy) is 6. The lowest BCUT2D eigenvalue weighted by Crippen LogP contribution is -2.30. The van der Waals surface area contributed by atoms with Gasteiger partial charge in [-0.05, 0) is 12.8 Å². The first-order valence-electron chi connectivity index (χ1n) is 14.4. The second-order valence-corrected chi connectivity index (χ2v) is 8.82. The van der Waals surface area contributed by atoms with Crippen molar-refractivity contribution in [3.63, 3.8) is 0 Å². The van der Waals surface area contributed by atoms with E-state index in [0.29, 0.717) is 91.9 Å². The maximum Gasteiger partial charge on any atom is 0.305 e. The highest BCUT2D eigenvalue weighted by molar-refractivity contribution is 5.76. The number of carbonyl (C=O) groups is 4. The van der Waals surface area contributed by atoms with Gasteiger partial charge in [-0.3, -0.25) is 19.2 Å². The Bertz CT molecular complexity index is 668. The normalized spacial score (nSPS) is 10.9. The van der Waals surface area contributed by atoms with E-state index in [1.54, 1.807) is 0 Å². The lowest BCUT2D eigenvalue weighted by molar-refractivity contribution is -0.138. The zero-order valence-electron chi connectivity index (χ0n) is 24.6. The Hall–Kier alpha value is -2.36. The number of carboxylic acids is 1. The largest absolute Gasteiger partial charge is 0.481 e. The fourth-order valence-electron chi connectivity index (χ4n) is 2.98. The minimum Gasteiger partial charge on any atom is -0.481 e. The Balaban J connectivity index is 3.29. The molecule has 0 unspecified atom stereocenters. The van der Waals surface area contributed by atoms with Gasteiger partial charge in [0.05, 0.1) is 85.7 Å². The van der Waals surface area contributed by atoms with Crippen LogP contribution in [0.4, 0.5) is 0 Å². The van der Waals surface area contributed by atoms with Crippen LogP contribution >= 0.6 is 0 Å². The van der Waals surface area contributed by atoms with E-state index in [0.717, 1.165) is 12.8 Å². The summed E-state index contributed by atoms with van der Waals surface area (Å²) in [4.78, 5) is 45.4. The second-order valence-electron chi connectivity index (χ2n) is 8.82. The molecular weight excluding hydrogens is 542 g/mol. The number of unbranched alkanes of at least 4 members (excludes halogenated alkanes) is 1. The van der Waals surface area contributed by atoms with Crippen LogP contribution in [0, 0.1) is 0 Å². The average Bonchev–Trinajstić information content (AvgIpc) is 2.95. The first-order valence-corrected chi connectivity index (χ1v) is 14.4. The molecule has 0 bridgehead atoms. The van der Waals surface area contributed by atoms with E-state index in [2.05, 4.69) is 16.0 Å². The van der Waals surface area contributed by atoms with Gasteiger partial charge in [-0.15, -0.1) is 0 Å². The topological polar surface area (TPSA) is 180 Å². The summed E-state index contributed by atoms with van der Waals surface area (Å²) in [5.74, 6) is -1.09. The van der Waals surface area contributed by atoms with Gasteiger partial charge in [-0.2, -0.15) is 0 Å². The van der Waals surface area contributed by atoms with E-state index in [1.165, 1.54) is 0 Å². The number of hydrogen-bond acceptors (Lipinski definition) is 10. The molecule has 0 rings (SSSR count). The second kappa shape index (κ2) is 30.6. The third-order valence-corrected chi connectivity index (χ3v) is 5.22. The molecular formula is C27H51N3O11. The van der Waals surface area contributed by atoms with Crippen molar-refractivity contribution < 1.29 is 52.7 Å². The summed E-state index contributed by atoms with van der Waals surface area (Å²) in [5, 5.41) is 16.8. The van der Waals surface area contributed by atoms with Crippen LogP contribution < -0.4 is 16.0 Å². The number of nitrogens with one attached hydrogen (secondary N) is 3. The van der Waals surface area contributed by atoms with E-state index in [4.69, 9.17) is 33.5 Å². The number of amides is 3. The molecule has 3 amide bonds. The highest BCUT2D eigenvalue weighted by Crippen LogP contribution is 1.93. The maximum atomic E-state index is 11.8. The van der Waals surface area contributed by atoms with Crippen LogP contribution in [0.2, 0.25) is 0 Å². The van der Waals surface area contributed by atoms with Gasteiger partial charge in [0.1, 0.15) is 0 Å². The van der Waals surface area contributed by atoms with Crippen LogP contribution in [0.3, 0.4) is 0 Å². The number of aliphatic carboxylic acids is 1. The van der Waals surface area contributed by atoms with Crippen molar-refractivity contribution in [1.29, 1.82) is 0 Å². The fourth-order valence-corrected chi connectivity index (χ4v) is 2.98. The molecule has 0 aromatic heterocycles. The fraction of sp³-hybridized carbons (Fsp3) is 0.852. The monoisotopic (exact) mass is 593 g/mol. The van der Waals surface area contributed by atoms with E-state index >= 15 is 0 Å². The van der Waals surface area contributed by atoms with Crippen LogP contribution in [0.15, 0.2) is 0 Å². The van der Waals surface area contributed by atoms with Crippen LogP contribution in [-0.4, -0.2) is 128 Å². The van der Waals surface area contributed by atoms with Crippen molar-refractivity contribution in [2.24, 2.45) is 0 Å². The quantitative estimate of drug-likeness (QED) is 0.0811. The zero-order chi connectivity index (χ0) is 30.2. The van der Waals surface area contributed by atoms with Crippen LogP contribution in [0.25, 0.3) is 0 Å². The van der Waals surface area contributed by atoms with Crippen molar-refractivity contribution in [2.75, 3.05) is 98.9 Å². The van der Waals surface area contributed by atoms with Crippen molar-refractivity contribution >= 4 is 23.7 Å². The predicted molar refractivity (Wildman–Crippen MR) is 150 cm³/mol. The summed E-state index contributed by atoms with van der Waals surface area (Å²) >= 11 is 0. The van der Waals surface area contributed by atoms with Gasteiger partial charge in [0, 0.05) is 38.9 Å². The molecule has 0 spiro atoms.